The molecule has 1 saturated heterocycles. The minimum Gasteiger partial charge on any atom is -0.353 e. The molecule has 0 N–H and O–H groups in total. The van der Waals surface area contributed by atoms with Gasteiger partial charge in [-0.3, -0.25) is 4.40 Å². The highest BCUT2D eigenvalue weighted by atomic mass is 19.1. The van der Waals surface area contributed by atoms with Gasteiger partial charge < -0.3 is 4.90 Å². The smallest absolute Gasteiger partial charge is 0.204 e. The van der Waals surface area contributed by atoms with E-state index >= 15 is 0 Å². The Labute approximate surface area is 121 Å². The second-order valence-electron chi connectivity index (χ2n) is 5.17. The summed E-state index contributed by atoms with van der Waals surface area (Å²) in [5.41, 5.74) is 1.43. The molecular weight excluding hydrogens is 269 g/mol. The second-order valence-corrected chi connectivity index (χ2v) is 5.17. The molecule has 0 saturated carbocycles. The molecule has 0 aliphatic carbocycles. The molecule has 1 aliphatic rings. The zero-order valence-corrected chi connectivity index (χ0v) is 11.4. The van der Waals surface area contributed by atoms with E-state index in [0.29, 0.717) is 11.4 Å². The molecule has 1 aliphatic heterocycles. The second kappa shape index (κ2) is 4.80. The molecule has 2 aromatic heterocycles. The first-order valence-electron chi connectivity index (χ1n) is 7.03. The van der Waals surface area contributed by atoms with Crippen LogP contribution in [0.4, 0.5) is 10.2 Å². The quantitative estimate of drug-likeness (QED) is 0.725. The fourth-order valence-electron chi connectivity index (χ4n) is 2.79. The summed E-state index contributed by atoms with van der Waals surface area (Å²) in [6, 6.07) is 6.39. The van der Waals surface area contributed by atoms with Gasteiger partial charge in [-0.25, -0.2) is 9.37 Å². The van der Waals surface area contributed by atoms with Gasteiger partial charge in [-0.05, 0) is 25.0 Å². The lowest BCUT2D eigenvalue weighted by atomic mass is 10.2. The molecule has 4 rings (SSSR count). The van der Waals surface area contributed by atoms with Gasteiger partial charge in [0.15, 0.2) is 11.6 Å². The van der Waals surface area contributed by atoms with Crippen LogP contribution in [-0.2, 0) is 0 Å². The Bertz CT molecular complexity index is 792. The van der Waals surface area contributed by atoms with Crippen LogP contribution in [0.15, 0.2) is 36.7 Å². The van der Waals surface area contributed by atoms with Gasteiger partial charge >= 0.3 is 0 Å². The van der Waals surface area contributed by atoms with Crippen LogP contribution in [0, 0.1) is 5.82 Å². The van der Waals surface area contributed by atoms with Gasteiger partial charge in [-0.15, -0.1) is 10.2 Å². The van der Waals surface area contributed by atoms with Crippen LogP contribution < -0.4 is 4.90 Å². The molecule has 0 spiro atoms. The molecule has 5 nitrogen and oxygen atoms in total. The van der Waals surface area contributed by atoms with Crippen molar-refractivity contribution in [2.75, 3.05) is 18.0 Å². The average Bonchev–Trinajstić information content (AvgIpc) is 3.16. The Morgan fingerprint density at radius 1 is 1.10 bits per heavy atom. The minimum absolute atomic E-state index is 0.280. The molecule has 3 aromatic rings. The zero-order chi connectivity index (χ0) is 14.2. The number of hydrogen-bond acceptors (Lipinski definition) is 4. The average molecular weight is 283 g/mol. The molecule has 3 heterocycles. The van der Waals surface area contributed by atoms with E-state index in [2.05, 4.69) is 20.1 Å². The molecule has 1 aromatic carbocycles. The van der Waals surface area contributed by atoms with E-state index < -0.39 is 0 Å². The van der Waals surface area contributed by atoms with Gasteiger partial charge in [0.1, 0.15) is 5.82 Å². The summed E-state index contributed by atoms with van der Waals surface area (Å²) in [7, 11) is 0. The summed E-state index contributed by atoms with van der Waals surface area (Å²) >= 11 is 0. The molecule has 0 radical (unpaired) electrons. The number of hydrogen-bond donors (Lipinski definition) is 0. The van der Waals surface area contributed by atoms with E-state index in [0.717, 1.165) is 24.6 Å². The third kappa shape index (κ3) is 2.03. The number of fused-ring (bicyclic) bond motifs is 1. The standard InChI is InChI=1S/C15H14FN5/c16-12-5-3-4-11(10-12)13-18-19-15-14(17-6-9-21(13)15)20-7-1-2-8-20/h3-6,9-10H,1-2,7-8H2. The van der Waals surface area contributed by atoms with Crippen molar-refractivity contribution in [2.24, 2.45) is 0 Å². The number of benzene rings is 1. The Hall–Kier alpha value is -2.50. The summed E-state index contributed by atoms with van der Waals surface area (Å²) in [4.78, 5) is 6.66. The van der Waals surface area contributed by atoms with E-state index in [9.17, 15) is 4.39 Å². The van der Waals surface area contributed by atoms with E-state index in [1.165, 1.54) is 25.0 Å². The van der Waals surface area contributed by atoms with Gasteiger partial charge in [0, 0.05) is 31.0 Å². The van der Waals surface area contributed by atoms with Gasteiger partial charge in [-0.2, -0.15) is 0 Å². The molecule has 0 amide bonds. The van der Waals surface area contributed by atoms with E-state index in [1.807, 2.05) is 16.7 Å². The summed E-state index contributed by atoms with van der Waals surface area (Å²) in [6.45, 7) is 1.99. The molecule has 0 atom stereocenters. The highest BCUT2D eigenvalue weighted by molar-refractivity contribution is 5.68. The number of nitrogens with zero attached hydrogens (tertiary/aromatic N) is 5. The summed E-state index contributed by atoms with van der Waals surface area (Å²) < 4.78 is 15.3. The lowest BCUT2D eigenvalue weighted by molar-refractivity contribution is 0.628. The lowest BCUT2D eigenvalue weighted by Gasteiger charge is -2.16. The minimum atomic E-state index is -0.280. The van der Waals surface area contributed by atoms with Crippen molar-refractivity contribution in [3.8, 4) is 11.4 Å². The first-order chi connectivity index (χ1) is 10.3. The number of anilines is 1. The Morgan fingerprint density at radius 3 is 2.76 bits per heavy atom. The van der Waals surface area contributed by atoms with Crippen molar-refractivity contribution in [2.45, 2.75) is 12.8 Å². The summed E-state index contributed by atoms with van der Waals surface area (Å²) in [5, 5.41) is 8.47. The van der Waals surface area contributed by atoms with E-state index in [-0.39, 0.29) is 5.82 Å². The highest BCUT2D eigenvalue weighted by Gasteiger charge is 2.19. The maximum absolute atomic E-state index is 13.4. The molecule has 6 heteroatoms. The van der Waals surface area contributed by atoms with Gasteiger partial charge in [0.25, 0.3) is 0 Å². The molecule has 21 heavy (non-hydrogen) atoms. The third-order valence-corrected chi connectivity index (χ3v) is 3.80. The Kier molecular flexibility index (Phi) is 2.80. The number of rotatable bonds is 2. The predicted molar refractivity (Wildman–Crippen MR) is 77.6 cm³/mol. The molecule has 1 fully saturated rings. The largest absolute Gasteiger partial charge is 0.353 e. The monoisotopic (exact) mass is 283 g/mol. The number of halogens is 1. The van der Waals surface area contributed by atoms with Crippen LogP contribution in [0.25, 0.3) is 17.0 Å². The summed E-state index contributed by atoms with van der Waals surface area (Å²) in [5.74, 6) is 1.20. The van der Waals surface area contributed by atoms with Gasteiger partial charge in [0.05, 0.1) is 0 Å². The van der Waals surface area contributed by atoms with Gasteiger partial charge in [-0.1, -0.05) is 12.1 Å². The maximum atomic E-state index is 13.4. The van der Waals surface area contributed by atoms with Crippen LogP contribution in [0.2, 0.25) is 0 Å². The van der Waals surface area contributed by atoms with Crippen molar-refractivity contribution in [3.63, 3.8) is 0 Å². The zero-order valence-electron chi connectivity index (χ0n) is 11.4. The van der Waals surface area contributed by atoms with E-state index in [4.69, 9.17) is 0 Å². The van der Waals surface area contributed by atoms with Crippen molar-refractivity contribution in [3.05, 3.63) is 42.5 Å². The number of aromatic nitrogens is 4. The normalized spacial score (nSPS) is 15.0. The SMILES string of the molecule is Fc1cccc(-c2nnc3c(N4CCCC4)nccn23)c1. The lowest BCUT2D eigenvalue weighted by Crippen LogP contribution is -2.19. The Morgan fingerprint density at radius 2 is 1.95 bits per heavy atom. The van der Waals surface area contributed by atoms with Crippen molar-refractivity contribution >= 4 is 11.5 Å². The van der Waals surface area contributed by atoms with Crippen molar-refractivity contribution in [1.29, 1.82) is 0 Å². The van der Waals surface area contributed by atoms with Crippen molar-refractivity contribution < 1.29 is 4.39 Å². The fourth-order valence-corrected chi connectivity index (χ4v) is 2.79. The van der Waals surface area contributed by atoms with Gasteiger partial charge in [0.2, 0.25) is 5.65 Å². The van der Waals surface area contributed by atoms with Crippen LogP contribution in [0.3, 0.4) is 0 Å². The predicted octanol–water partition coefficient (Wildman–Crippen LogP) is 2.53. The van der Waals surface area contributed by atoms with Crippen LogP contribution in [0.5, 0.6) is 0 Å². The van der Waals surface area contributed by atoms with Crippen LogP contribution in [0.1, 0.15) is 12.8 Å². The molecule has 0 bridgehead atoms. The first-order valence-corrected chi connectivity index (χ1v) is 7.03. The van der Waals surface area contributed by atoms with Crippen molar-refractivity contribution in [1.82, 2.24) is 19.6 Å². The highest BCUT2D eigenvalue weighted by Crippen LogP contribution is 2.25. The van der Waals surface area contributed by atoms with Crippen LogP contribution >= 0.6 is 0 Å². The van der Waals surface area contributed by atoms with E-state index in [1.54, 1.807) is 12.3 Å². The Balaban J connectivity index is 1.87. The summed E-state index contributed by atoms with van der Waals surface area (Å²) in [6.07, 6.45) is 5.91. The third-order valence-electron chi connectivity index (χ3n) is 3.80. The molecule has 0 unspecified atom stereocenters. The van der Waals surface area contributed by atoms with Crippen LogP contribution in [-0.4, -0.2) is 32.7 Å². The molecule has 106 valence electrons. The molecular formula is C15H14FN5. The maximum Gasteiger partial charge on any atom is 0.204 e. The fraction of sp³-hybridized carbons (Fsp3) is 0.267. The topological polar surface area (TPSA) is 46.3 Å². The first kappa shape index (κ1) is 12.3.